The van der Waals surface area contributed by atoms with Crippen LogP contribution in [-0.4, -0.2) is 15.2 Å². The van der Waals surface area contributed by atoms with Crippen LogP contribution in [0.3, 0.4) is 0 Å². The van der Waals surface area contributed by atoms with E-state index in [2.05, 4.69) is 32.9 Å². The fraction of sp³-hybridized carbons (Fsp3) is 1.00. The van der Waals surface area contributed by atoms with Crippen LogP contribution in [0.15, 0.2) is 0 Å². The largest absolute Gasteiger partial charge is 0.241 e. The van der Waals surface area contributed by atoms with Crippen molar-refractivity contribution in [3.8, 4) is 0 Å². The molecule has 2 heteroatoms. The van der Waals surface area contributed by atoms with Crippen LogP contribution in [0.5, 0.6) is 0 Å². The predicted molar refractivity (Wildman–Crippen MR) is 64.9 cm³/mol. The summed E-state index contributed by atoms with van der Waals surface area (Å²) in [5.41, 5.74) is 0.594. The van der Waals surface area contributed by atoms with Crippen LogP contribution in [0.4, 0.5) is 0 Å². The molecule has 0 amide bonds. The van der Waals surface area contributed by atoms with Crippen molar-refractivity contribution in [2.45, 2.75) is 57.4 Å². The molecule has 0 aromatic rings. The quantitative estimate of drug-likeness (QED) is 0.485. The van der Waals surface area contributed by atoms with Crippen molar-refractivity contribution in [3.05, 3.63) is 0 Å². The molecular formula is C11H20IN. The van der Waals surface area contributed by atoms with E-state index in [9.17, 15) is 0 Å². The van der Waals surface area contributed by atoms with Gasteiger partial charge in [0.2, 0.25) is 0 Å². The molecule has 2 aliphatic rings. The van der Waals surface area contributed by atoms with Crippen molar-refractivity contribution in [3.63, 3.8) is 0 Å². The van der Waals surface area contributed by atoms with Gasteiger partial charge in [0.25, 0.3) is 0 Å². The van der Waals surface area contributed by atoms with E-state index in [0.29, 0.717) is 5.54 Å². The highest BCUT2D eigenvalue weighted by atomic mass is 127. The van der Waals surface area contributed by atoms with Gasteiger partial charge < -0.3 is 0 Å². The van der Waals surface area contributed by atoms with E-state index in [0.717, 1.165) is 5.92 Å². The standard InChI is InChI=1S/C11H20IN/c1-10-6-2-5-9-13(12)11(10)7-3-4-8-11/h10H,2-9H2,1H3/t10-/m0/s1. The fourth-order valence-corrected chi connectivity index (χ4v) is 4.45. The minimum absolute atomic E-state index is 0.594. The zero-order chi connectivity index (χ0) is 9.31. The Labute approximate surface area is 95.8 Å². The van der Waals surface area contributed by atoms with Crippen LogP contribution in [0, 0.1) is 5.92 Å². The lowest BCUT2D eigenvalue weighted by molar-refractivity contribution is 0.162. The molecular weight excluding hydrogens is 273 g/mol. The molecule has 1 aliphatic heterocycles. The Morgan fingerprint density at radius 3 is 2.54 bits per heavy atom. The maximum absolute atomic E-state index is 2.65. The molecule has 1 atom stereocenters. The van der Waals surface area contributed by atoms with E-state index >= 15 is 0 Å². The van der Waals surface area contributed by atoms with Crippen molar-refractivity contribution in [1.29, 1.82) is 0 Å². The van der Waals surface area contributed by atoms with Gasteiger partial charge in [-0.2, -0.15) is 0 Å². The van der Waals surface area contributed by atoms with Gasteiger partial charge in [-0.3, -0.25) is 0 Å². The van der Waals surface area contributed by atoms with Gasteiger partial charge in [-0.1, -0.05) is 26.2 Å². The Kier molecular flexibility index (Phi) is 3.18. The second-order valence-electron chi connectivity index (χ2n) is 4.79. The van der Waals surface area contributed by atoms with Crippen LogP contribution in [0.1, 0.15) is 51.9 Å². The van der Waals surface area contributed by atoms with E-state index in [4.69, 9.17) is 0 Å². The normalized spacial score (nSPS) is 35.1. The Hall–Kier alpha value is 0.690. The first-order valence-corrected chi connectivity index (χ1v) is 6.66. The van der Waals surface area contributed by atoms with E-state index in [-0.39, 0.29) is 0 Å². The van der Waals surface area contributed by atoms with Crippen molar-refractivity contribution in [2.75, 3.05) is 6.54 Å². The summed E-state index contributed by atoms with van der Waals surface area (Å²) in [6.45, 7) is 3.80. The van der Waals surface area contributed by atoms with Crippen molar-refractivity contribution < 1.29 is 0 Å². The number of rotatable bonds is 0. The number of halogens is 1. The van der Waals surface area contributed by atoms with Gasteiger partial charge in [-0.05, 0) is 31.6 Å². The van der Waals surface area contributed by atoms with Crippen molar-refractivity contribution >= 4 is 22.9 Å². The van der Waals surface area contributed by atoms with Gasteiger partial charge >= 0.3 is 0 Å². The molecule has 1 nitrogen and oxygen atoms in total. The molecule has 13 heavy (non-hydrogen) atoms. The van der Waals surface area contributed by atoms with Gasteiger partial charge in [0.1, 0.15) is 0 Å². The third-order valence-electron chi connectivity index (χ3n) is 4.11. The lowest BCUT2D eigenvalue weighted by Gasteiger charge is -2.40. The molecule has 76 valence electrons. The van der Waals surface area contributed by atoms with E-state index in [1.807, 2.05) is 0 Å². The summed E-state index contributed by atoms with van der Waals surface area (Å²) < 4.78 is 2.65. The third-order valence-corrected chi connectivity index (χ3v) is 5.55. The molecule has 1 heterocycles. The molecule has 0 bridgehead atoms. The zero-order valence-electron chi connectivity index (χ0n) is 8.56. The first-order chi connectivity index (χ1) is 6.26. The van der Waals surface area contributed by atoms with Crippen LogP contribution < -0.4 is 0 Å². The highest BCUT2D eigenvalue weighted by Crippen LogP contribution is 2.46. The second kappa shape index (κ2) is 4.05. The minimum Gasteiger partial charge on any atom is -0.241 e. The summed E-state index contributed by atoms with van der Waals surface area (Å²) in [7, 11) is 0. The summed E-state index contributed by atoms with van der Waals surface area (Å²) in [4.78, 5) is 0. The van der Waals surface area contributed by atoms with Gasteiger partial charge in [0.15, 0.2) is 0 Å². The lowest BCUT2D eigenvalue weighted by Crippen LogP contribution is -2.44. The third kappa shape index (κ3) is 1.76. The summed E-state index contributed by atoms with van der Waals surface area (Å²) >= 11 is 2.58. The van der Waals surface area contributed by atoms with Crippen LogP contribution in [0.2, 0.25) is 0 Å². The SMILES string of the molecule is C[C@H]1CCCCN(I)C12CCCC2. The monoisotopic (exact) mass is 293 g/mol. The van der Waals surface area contributed by atoms with Crippen LogP contribution in [-0.2, 0) is 0 Å². The Bertz CT molecular complexity index is 161. The first kappa shape index (κ1) is 10.2. The van der Waals surface area contributed by atoms with Crippen molar-refractivity contribution in [2.24, 2.45) is 5.92 Å². The molecule has 0 unspecified atom stereocenters. The molecule has 0 aromatic carbocycles. The molecule has 0 aromatic heterocycles. The molecule has 0 radical (unpaired) electrons. The zero-order valence-corrected chi connectivity index (χ0v) is 10.7. The van der Waals surface area contributed by atoms with Crippen molar-refractivity contribution in [1.82, 2.24) is 3.11 Å². The molecule has 1 saturated heterocycles. The molecule has 2 rings (SSSR count). The van der Waals surface area contributed by atoms with E-state index < -0.39 is 0 Å². The maximum Gasteiger partial charge on any atom is 0.0330 e. The minimum atomic E-state index is 0.594. The van der Waals surface area contributed by atoms with Gasteiger partial charge in [-0.25, -0.2) is 3.11 Å². The van der Waals surface area contributed by atoms with Crippen LogP contribution in [0.25, 0.3) is 0 Å². The van der Waals surface area contributed by atoms with Gasteiger partial charge in [0.05, 0.1) is 0 Å². The number of hydrogen-bond acceptors (Lipinski definition) is 1. The van der Waals surface area contributed by atoms with E-state index in [1.54, 1.807) is 0 Å². The summed E-state index contributed by atoms with van der Waals surface area (Å²) in [6.07, 6.45) is 10.2. The lowest BCUT2D eigenvalue weighted by atomic mass is 9.82. The summed E-state index contributed by atoms with van der Waals surface area (Å²) in [5.74, 6) is 0.925. The predicted octanol–water partition coefficient (Wildman–Crippen LogP) is 3.77. The van der Waals surface area contributed by atoms with Gasteiger partial charge in [0, 0.05) is 34.9 Å². The molecule has 1 spiro atoms. The second-order valence-corrected chi connectivity index (χ2v) is 5.96. The highest BCUT2D eigenvalue weighted by Gasteiger charge is 2.43. The Balaban J connectivity index is 2.17. The van der Waals surface area contributed by atoms with E-state index in [1.165, 1.54) is 51.5 Å². The fourth-order valence-electron chi connectivity index (χ4n) is 3.15. The smallest absolute Gasteiger partial charge is 0.0330 e. The average molecular weight is 293 g/mol. The molecule has 1 saturated carbocycles. The molecule has 2 fully saturated rings. The average Bonchev–Trinajstić information content (AvgIpc) is 2.56. The Morgan fingerprint density at radius 2 is 1.85 bits per heavy atom. The summed E-state index contributed by atoms with van der Waals surface area (Å²) in [6, 6.07) is 0. The Morgan fingerprint density at radius 1 is 1.15 bits per heavy atom. The maximum atomic E-state index is 2.65. The number of nitrogens with zero attached hydrogens (tertiary/aromatic N) is 1. The topological polar surface area (TPSA) is 3.24 Å². The van der Waals surface area contributed by atoms with Gasteiger partial charge in [-0.15, -0.1) is 0 Å². The molecule has 0 N–H and O–H groups in total. The molecule has 1 aliphatic carbocycles. The first-order valence-electron chi connectivity index (χ1n) is 5.69. The van der Waals surface area contributed by atoms with Crippen LogP contribution >= 0.6 is 22.9 Å². The highest BCUT2D eigenvalue weighted by molar-refractivity contribution is 14.1. The summed E-state index contributed by atoms with van der Waals surface area (Å²) in [5, 5.41) is 0. The number of hydrogen-bond donors (Lipinski definition) is 0.